The molecule has 0 radical (unpaired) electrons. The van der Waals surface area contributed by atoms with E-state index in [-0.39, 0.29) is 27.2 Å². The highest BCUT2D eigenvalue weighted by Crippen LogP contribution is 2.55. The fraction of sp³-hybridized carbons (Fsp3) is 0.352. The predicted molar refractivity (Wildman–Crippen MR) is 237 cm³/mol. The second-order valence-electron chi connectivity index (χ2n) is 19.3. The third-order valence-electron chi connectivity index (χ3n) is 15.2. The van der Waals surface area contributed by atoms with Gasteiger partial charge in [0.05, 0.1) is 11.0 Å². The maximum Gasteiger partial charge on any atom is 0.213 e. The maximum atomic E-state index is 2.72. The number of hydrogen-bond donors (Lipinski definition) is 0. The zero-order valence-electron chi connectivity index (χ0n) is 35.3. The molecule has 3 aliphatic rings. The van der Waals surface area contributed by atoms with Crippen LogP contribution < -0.4 is 9.47 Å². The minimum Gasteiger partial charge on any atom is -0.310 e. The van der Waals surface area contributed by atoms with E-state index in [1.54, 1.807) is 0 Å². The Hall–Kier alpha value is -4.95. The van der Waals surface area contributed by atoms with Crippen molar-refractivity contribution in [3.05, 3.63) is 155 Å². The molecule has 0 saturated carbocycles. The predicted octanol–water partition coefficient (Wildman–Crippen LogP) is 14.2. The highest BCUT2D eigenvalue weighted by molar-refractivity contribution is 5.87. The van der Waals surface area contributed by atoms with Crippen LogP contribution in [0.4, 0.5) is 17.1 Å². The Kier molecular flexibility index (Phi) is 8.20. The fourth-order valence-corrected chi connectivity index (χ4v) is 10.9. The van der Waals surface area contributed by atoms with Gasteiger partial charge < -0.3 is 4.90 Å². The Morgan fingerprint density at radius 1 is 0.482 bits per heavy atom. The molecule has 0 saturated heterocycles. The fourth-order valence-electron chi connectivity index (χ4n) is 10.9. The summed E-state index contributed by atoms with van der Waals surface area (Å²) in [6, 6.07) is 46.1. The normalized spacial score (nSPS) is 22.0. The van der Waals surface area contributed by atoms with E-state index in [9.17, 15) is 0 Å². The lowest BCUT2D eigenvalue weighted by Gasteiger charge is -2.48. The van der Waals surface area contributed by atoms with Crippen molar-refractivity contribution in [2.24, 2.45) is 0 Å². The molecule has 6 aromatic rings. The summed E-state index contributed by atoms with van der Waals surface area (Å²) < 4.78 is 2.72. The lowest BCUT2D eigenvalue weighted by Crippen LogP contribution is -2.68. The van der Waals surface area contributed by atoms with E-state index in [0.717, 1.165) is 18.5 Å². The summed E-state index contributed by atoms with van der Waals surface area (Å²) in [4.78, 5) is 2.50. The van der Waals surface area contributed by atoms with Crippen LogP contribution >= 0.6 is 0 Å². The van der Waals surface area contributed by atoms with Crippen LogP contribution in [0.3, 0.4) is 0 Å². The molecule has 0 fully saturated rings. The smallest absolute Gasteiger partial charge is 0.213 e. The number of nitrogens with zero attached hydrogens (tertiary/aromatic N) is 2. The quantitative estimate of drug-likeness (QED) is 0.155. The van der Waals surface area contributed by atoms with E-state index in [0.29, 0.717) is 0 Å². The van der Waals surface area contributed by atoms with Gasteiger partial charge in [0, 0.05) is 47.5 Å². The van der Waals surface area contributed by atoms with Gasteiger partial charge in [0.2, 0.25) is 5.69 Å². The van der Waals surface area contributed by atoms with Crippen LogP contribution in [0.1, 0.15) is 123 Å². The summed E-state index contributed by atoms with van der Waals surface area (Å²) >= 11 is 0. The first-order valence-corrected chi connectivity index (χ1v) is 21.1. The first kappa shape index (κ1) is 36.7. The SMILES string of the molecule is CCC1(C)c2ccc(N(c3ccc(-c4ccccc4)cc3)c3ccc4c(c3)C(C)(C)c3ccccc3-4)cc2-c2cc3c(c[n+]2C1(C)CC)C(C)(C)CCC3(C)C. The summed E-state index contributed by atoms with van der Waals surface area (Å²) in [5.41, 5.74) is 18.7. The molecular formula is C54H59N2+. The number of hydrogen-bond acceptors (Lipinski definition) is 1. The second-order valence-corrected chi connectivity index (χ2v) is 19.3. The summed E-state index contributed by atoms with van der Waals surface area (Å²) in [5, 5.41) is 0. The molecule has 2 nitrogen and oxygen atoms in total. The van der Waals surface area contributed by atoms with Crippen LogP contribution in [0, 0.1) is 0 Å². The molecule has 9 rings (SSSR count). The average molecular weight is 736 g/mol. The molecule has 2 unspecified atom stereocenters. The van der Waals surface area contributed by atoms with E-state index in [4.69, 9.17) is 0 Å². The monoisotopic (exact) mass is 735 g/mol. The highest BCUT2D eigenvalue weighted by Gasteiger charge is 2.57. The number of aromatic nitrogens is 1. The van der Waals surface area contributed by atoms with E-state index >= 15 is 0 Å². The van der Waals surface area contributed by atoms with Crippen molar-refractivity contribution in [3.63, 3.8) is 0 Å². The highest BCUT2D eigenvalue weighted by atomic mass is 15.1. The molecule has 0 N–H and O–H groups in total. The first-order chi connectivity index (χ1) is 26.6. The third kappa shape index (κ3) is 5.17. The van der Waals surface area contributed by atoms with Gasteiger partial charge in [0.15, 0.2) is 11.7 Å². The summed E-state index contributed by atoms with van der Waals surface area (Å²) in [5.74, 6) is 0. The molecule has 0 amide bonds. The Labute approximate surface area is 336 Å². The van der Waals surface area contributed by atoms with E-state index in [2.05, 4.69) is 206 Å². The molecule has 2 atom stereocenters. The molecule has 56 heavy (non-hydrogen) atoms. The van der Waals surface area contributed by atoms with E-state index < -0.39 is 0 Å². The van der Waals surface area contributed by atoms with Crippen LogP contribution in [0.2, 0.25) is 0 Å². The van der Waals surface area contributed by atoms with Crippen molar-refractivity contribution >= 4 is 17.1 Å². The molecular weight excluding hydrogens is 677 g/mol. The van der Waals surface area contributed by atoms with Gasteiger partial charge in [-0.1, -0.05) is 134 Å². The molecule has 1 aromatic heterocycles. The van der Waals surface area contributed by atoms with Crippen molar-refractivity contribution in [3.8, 4) is 33.5 Å². The molecule has 2 heteroatoms. The van der Waals surface area contributed by atoms with Crippen molar-refractivity contribution in [1.82, 2.24) is 0 Å². The molecule has 2 heterocycles. The number of rotatable bonds is 6. The maximum absolute atomic E-state index is 2.72. The van der Waals surface area contributed by atoms with Gasteiger partial charge in [0.25, 0.3) is 0 Å². The van der Waals surface area contributed by atoms with Crippen LogP contribution in [0.25, 0.3) is 33.5 Å². The minimum absolute atomic E-state index is 0.0542. The van der Waals surface area contributed by atoms with Crippen LogP contribution in [0.5, 0.6) is 0 Å². The molecule has 284 valence electrons. The molecule has 5 aromatic carbocycles. The van der Waals surface area contributed by atoms with Gasteiger partial charge in [-0.2, -0.15) is 4.57 Å². The second kappa shape index (κ2) is 12.5. The average Bonchev–Trinajstić information content (AvgIpc) is 3.44. The Morgan fingerprint density at radius 3 is 1.77 bits per heavy atom. The Morgan fingerprint density at radius 2 is 1.07 bits per heavy atom. The molecule has 2 aliphatic carbocycles. The Bertz CT molecular complexity index is 2500. The largest absolute Gasteiger partial charge is 0.310 e. The standard InChI is InChI=1S/C54H59N2/c1-11-53(9)45-29-27-39(32-43(45)49-34-47-48(35-55(49)54(53,10)12-2)51(5,6)31-30-50(47,3)4)56(38-24-22-37(23-25-38)36-18-14-13-15-19-36)40-26-28-42-41-20-16-17-21-44(41)52(7,8)46(42)33-40/h13-29,32-35H,11-12,30-31H2,1-10H3/q+1. The zero-order chi connectivity index (χ0) is 39.4. The zero-order valence-corrected chi connectivity index (χ0v) is 35.3. The number of fused-ring (bicyclic) bond motifs is 7. The van der Waals surface area contributed by atoms with E-state index in [1.807, 2.05) is 0 Å². The number of pyridine rings is 1. The first-order valence-electron chi connectivity index (χ1n) is 21.1. The lowest BCUT2D eigenvalue weighted by atomic mass is 9.59. The summed E-state index contributed by atoms with van der Waals surface area (Å²) in [6.45, 7) is 24.4. The Balaban J connectivity index is 1.28. The molecule has 0 spiro atoms. The van der Waals surface area contributed by atoms with Crippen molar-refractivity contribution in [1.29, 1.82) is 0 Å². The van der Waals surface area contributed by atoms with Gasteiger partial charge >= 0.3 is 0 Å². The number of anilines is 3. The molecule has 0 bridgehead atoms. The van der Waals surface area contributed by atoms with Gasteiger partial charge in [-0.3, -0.25) is 0 Å². The topological polar surface area (TPSA) is 7.12 Å². The van der Waals surface area contributed by atoms with Crippen LogP contribution in [-0.4, -0.2) is 0 Å². The van der Waals surface area contributed by atoms with Gasteiger partial charge in [-0.15, -0.1) is 0 Å². The van der Waals surface area contributed by atoms with E-state index in [1.165, 1.54) is 85.5 Å². The third-order valence-corrected chi connectivity index (χ3v) is 15.2. The minimum atomic E-state index is -0.0938. The van der Waals surface area contributed by atoms with Gasteiger partial charge in [-0.05, 0) is 118 Å². The van der Waals surface area contributed by atoms with Gasteiger partial charge in [-0.25, -0.2) is 0 Å². The van der Waals surface area contributed by atoms with Crippen molar-refractivity contribution in [2.45, 2.75) is 122 Å². The van der Waals surface area contributed by atoms with Crippen molar-refractivity contribution in [2.75, 3.05) is 4.90 Å². The van der Waals surface area contributed by atoms with Crippen LogP contribution in [0.15, 0.2) is 128 Å². The van der Waals surface area contributed by atoms with Crippen molar-refractivity contribution < 1.29 is 4.57 Å². The van der Waals surface area contributed by atoms with Crippen LogP contribution in [-0.2, 0) is 27.2 Å². The molecule has 1 aliphatic heterocycles. The summed E-state index contributed by atoms with van der Waals surface area (Å²) in [7, 11) is 0. The van der Waals surface area contributed by atoms with Gasteiger partial charge in [0.1, 0.15) is 0 Å². The summed E-state index contributed by atoms with van der Waals surface area (Å²) in [6.07, 6.45) is 7.13. The number of benzene rings is 5. The lowest BCUT2D eigenvalue weighted by molar-refractivity contribution is -0.765.